The SMILES string of the molecule is Clc1ccc([C@@H]2CCCCO2)cn1.O=C=O. The number of aromatic nitrogens is 1. The number of rotatable bonds is 1. The van der Waals surface area contributed by atoms with Gasteiger partial charge in [-0.3, -0.25) is 0 Å². The van der Waals surface area contributed by atoms with Crippen molar-refractivity contribution < 1.29 is 14.3 Å². The Hall–Kier alpha value is -1.22. The Labute approximate surface area is 98.6 Å². The van der Waals surface area contributed by atoms with Crippen molar-refractivity contribution in [3.05, 3.63) is 29.0 Å². The molecule has 0 bridgehead atoms. The molecule has 1 aliphatic heterocycles. The lowest BCUT2D eigenvalue weighted by Crippen LogP contribution is -2.11. The summed E-state index contributed by atoms with van der Waals surface area (Å²) < 4.78 is 5.62. The summed E-state index contributed by atoms with van der Waals surface area (Å²) in [6.45, 7) is 0.868. The first-order valence-electron chi connectivity index (χ1n) is 5.00. The molecule has 2 heterocycles. The monoisotopic (exact) mass is 241 g/mol. The Morgan fingerprint density at radius 2 is 2.12 bits per heavy atom. The zero-order chi connectivity index (χ0) is 11.8. The van der Waals surface area contributed by atoms with Gasteiger partial charge in [-0.25, -0.2) is 4.98 Å². The molecular weight excluding hydrogens is 230 g/mol. The molecule has 0 aliphatic carbocycles. The van der Waals surface area contributed by atoms with E-state index in [1.54, 1.807) is 6.20 Å². The van der Waals surface area contributed by atoms with Gasteiger partial charge in [0.15, 0.2) is 0 Å². The fraction of sp³-hybridized carbons (Fsp3) is 0.455. The van der Waals surface area contributed by atoms with Crippen LogP contribution in [0.4, 0.5) is 0 Å². The van der Waals surface area contributed by atoms with Gasteiger partial charge in [-0.1, -0.05) is 17.7 Å². The molecule has 2 rings (SSSR count). The van der Waals surface area contributed by atoms with Crippen molar-refractivity contribution >= 4 is 17.8 Å². The minimum Gasteiger partial charge on any atom is -0.373 e. The van der Waals surface area contributed by atoms with Gasteiger partial charge in [-0.15, -0.1) is 0 Å². The molecule has 1 fully saturated rings. The third kappa shape index (κ3) is 4.11. The molecule has 0 saturated carbocycles. The van der Waals surface area contributed by atoms with Crippen LogP contribution in [0.2, 0.25) is 5.15 Å². The van der Waals surface area contributed by atoms with Gasteiger partial charge in [-0.05, 0) is 30.9 Å². The summed E-state index contributed by atoms with van der Waals surface area (Å²) in [6.07, 6.45) is 5.81. The second-order valence-corrected chi connectivity index (χ2v) is 3.74. The third-order valence-electron chi connectivity index (χ3n) is 2.30. The van der Waals surface area contributed by atoms with Crippen LogP contribution in [0.15, 0.2) is 18.3 Å². The van der Waals surface area contributed by atoms with E-state index in [0.29, 0.717) is 5.15 Å². The molecule has 0 aromatic carbocycles. The largest absolute Gasteiger partial charge is 0.373 e. The Morgan fingerprint density at radius 3 is 2.62 bits per heavy atom. The average molecular weight is 242 g/mol. The van der Waals surface area contributed by atoms with Gasteiger partial charge in [0, 0.05) is 12.8 Å². The first-order valence-corrected chi connectivity index (χ1v) is 5.38. The van der Waals surface area contributed by atoms with Gasteiger partial charge < -0.3 is 4.74 Å². The van der Waals surface area contributed by atoms with E-state index in [-0.39, 0.29) is 12.3 Å². The molecule has 1 aromatic heterocycles. The summed E-state index contributed by atoms with van der Waals surface area (Å²) in [5, 5.41) is 0.541. The van der Waals surface area contributed by atoms with E-state index in [0.717, 1.165) is 18.6 Å². The second kappa shape index (κ2) is 7.12. The summed E-state index contributed by atoms with van der Waals surface area (Å²) in [4.78, 5) is 20.3. The van der Waals surface area contributed by atoms with E-state index in [9.17, 15) is 0 Å². The van der Waals surface area contributed by atoms with Crippen LogP contribution in [-0.2, 0) is 14.3 Å². The van der Waals surface area contributed by atoms with Crippen LogP contribution in [0.5, 0.6) is 0 Å². The molecule has 1 aromatic rings. The topological polar surface area (TPSA) is 56.3 Å². The predicted octanol–water partition coefficient (Wildman–Crippen LogP) is 2.39. The van der Waals surface area contributed by atoms with Gasteiger partial charge in [-0.2, -0.15) is 9.59 Å². The lowest BCUT2D eigenvalue weighted by Gasteiger charge is -2.22. The smallest absolute Gasteiger partial charge is 0.373 e. The molecule has 0 radical (unpaired) electrons. The van der Waals surface area contributed by atoms with E-state index in [4.69, 9.17) is 25.9 Å². The van der Waals surface area contributed by atoms with Crippen molar-refractivity contribution in [2.45, 2.75) is 25.4 Å². The third-order valence-corrected chi connectivity index (χ3v) is 2.53. The van der Waals surface area contributed by atoms with Crippen molar-refractivity contribution in [2.75, 3.05) is 6.61 Å². The van der Waals surface area contributed by atoms with Crippen LogP contribution in [0.3, 0.4) is 0 Å². The molecule has 1 saturated heterocycles. The van der Waals surface area contributed by atoms with Crippen molar-refractivity contribution in [3.63, 3.8) is 0 Å². The molecule has 16 heavy (non-hydrogen) atoms. The van der Waals surface area contributed by atoms with Crippen LogP contribution in [-0.4, -0.2) is 17.7 Å². The average Bonchev–Trinajstić information content (AvgIpc) is 2.32. The molecule has 0 spiro atoms. The number of hydrogen-bond acceptors (Lipinski definition) is 4. The first kappa shape index (κ1) is 12.8. The number of carbonyl (C=O) groups excluding carboxylic acids is 2. The maximum absolute atomic E-state index is 8.12. The molecule has 5 heteroatoms. The zero-order valence-corrected chi connectivity index (χ0v) is 9.44. The maximum Gasteiger partial charge on any atom is 0.373 e. The highest BCUT2D eigenvalue weighted by Gasteiger charge is 2.15. The number of pyridine rings is 1. The summed E-state index contributed by atoms with van der Waals surface area (Å²) in [6, 6.07) is 3.81. The Morgan fingerprint density at radius 1 is 1.38 bits per heavy atom. The molecule has 0 N–H and O–H groups in total. The quantitative estimate of drug-likeness (QED) is 0.709. The fourth-order valence-corrected chi connectivity index (χ4v) is 1.69. The normalized spacial score (nSPS) is 19.2. The molecule has 1 aliphatic rings. The summed E-state index contributed by atoms with van der Waals surface area (Å²) in [7, 11) is 0. The fourth-order valence-electron chi connectivity index (χ4n) is 1.58. The summed E-state index contributed by atoms with van der Waals surface area (Å²) in [5.41, 5.74) is 1.14. The minimum atomic E-state index is 0.235. The van der Waals surface area contributed by atoms with Gasteiger partial charge in [0.25, 0.3) is 0 Å². The van der Waals surface area contributed by atoms with Crippen LogP contribution in [0.1, 0.15) is 30.9 Å². The van der Waals surface area contributed by atoms with Crippen LogP contribution >= 0.6 is 11.6 Å². The molecule has 0 unspecified atom stereocenters. The molecule has 86 valence electrons. The number of nitrogens with zero attached hydrogens (tertiary/aromatic N) is 1. The van der Waals surface area contributed by atoms with Gasteiger partial charge in [0.1, 0.15) is 5.15 Å². The highest BCUT2D eigenvalue weighted by Crippen LogP contribution is 2.27. The molecule has 4 nitrogen and oxygen atoms in total. The minimum absolute atomic E-state index is 0.235. The van der Waals surface area contributed by atoms with Crippen molar-refractivity contribution in [3.8, 4) is 0 Å². The number of ether oxygens (including phenoxy) is 1. The summed E-state index contributed by atoms with van der Waals surface area (Å²) >= 11 is 5.70. The summed E-state index contributed by atoms with van der Waals surface area (Å²) in [5.74, 6) is 0. The van der Waals surface area contributed by atoms with E-state index < -0.39 is 0 Å². The molecule has 0 amide bonds. The van der Waals surface area contributed by atoms with Crippen molar-refractivity contribution in [1.29, 1.82) is 0 Å². The van der Waals surface area contributed by atoms with Crippen molar-refractivity contribution in [2.24, 2.45) is 0 Å². The highest BCUT2D eigenvalue weighted by atomic mass is 35.5. The standard InChI is InChI=1S/C10H12ClNO.CO2/c11-10-5-4-8(7-12-10)9-3-1-2-6-13-9;2-1-3/h4-5,7,9H,1-3,6H2;/t9-;/m0./s1. The Balaban J connectivity index is 0.000000386. The van der Waals surface area contributed by atoms with Gasteiger partial charge in [0.05, 0.1) is 6.10 Å². The van der Waals surface area contributed by atoms with E-state index in [2.05, 4.69) is 4.98 Å². The zero-order valence-electron chi connectivity index (χ0n) is 8.69. The van der Waals surface area contributed by atoms with E-state index in [1.807, 2.05) is 12.1 Å². The predicted molar refractivity (Wildman–Crippen MR) is 56.8 cm³/mol. The highest BCUT2D eigenvalue weighted by molar-refractivity contribution is 6.29. The first-order chi connectivity index (χ1) is 7.77. The molecular formula is C11H12ClNO3. The van der Waals surface area contributed by atoms with Crippen LogP contribution in [0, 0.1) is 0 Å². The van der Waals surface area contributed by atoms with E-state index in [1.165, 1.54) is 12.8 Å². The lowest BCUT2D eigenvalue weighted by atomic mass is 10.0. The lowest BCUT2D eigenvalue weighted by molar-refractivity contribution is -0.191. The second-order valence-electron chi connectivity index (χ2n) is 3.35. The number of halogens is 1. The Bertz CT molecular complexity index is 341. The van der Waals surface area contributed by atoms with Crippen molar-refractivity contribution in [1.82, 2.24) is 4.98 Å². The van der Waals surface area contributed by atoms with Crippen LogP contribution < -0.4 is 0 Å². The maximum atomic E-state index is 8.12. The Kier molecular flexibility index (Phi) is 5.72. The molecule has 1 atom stereocenters. The van der Waals surface area contributed by atoms with Gasteiger partial charge in [0.2, 0.25) is 0 Å². The van der Waals surface area contributed by atoms with Crippen LogP contribution in [0.25, 0.3) is 0 Å². The van der Waals surface area contributed by atoms with E-state index >= 15 is 0 Å². The number of hydrogen-bond donors (Lipinski definition) is 0. The van der Waals surface area contributed by atoms with Gasteiger partial charge >= 0.3 is 6.15 Å².